The summed E-state index contributed by atoms with van der Waals surface area (Å²) in [7, 11) is 3.29. The molecule has 4 fully saturated rings. The van der Waals surface area contributed by atoms with Crippen LogP contribution in [0.2, 0.25) is 0 Å². The Hall–Kier alpha value is -6.13. The summed E-state index contributed by atoms with van der Waals surface area (Å²) in [4.78, 5) is 47.5. The van der Waals surface area contributed by atoms with E-state index in [4.69, 9.17) is 9.47 Å². The second-order valence-corrected chi connectivity index (χ2v) is 15.8. The highest BCUT2D eigenvalue weighted by molar-refractivity contribution is 6.22. The average molecular weight is 777 g/mol. The Morgan fingerprint density at radius 3 is 1.21 bits per heavy atom. The molecule has 9 rings (SSSR count). The van der Waals surface area contributed by atoms with Gasteiger partial charge in [-0.2, -0.15) is 0 Å². The third-order valence-electron chi connectivity index (χ3n) is 12.6. The monoisotopic (exact) mass is 776 g/mol. The minimum atomic E-state index is -0.812. The first-order valence-corrected chi connectivity index (χ1v) is 20.4. The molecule has 58 heavy (non-hydrogen) atoms. The van der Waals surface area contributed by atoms with Crippen LogP contribution in [-0.2, 0) is 14.4 Å². The number of rotatable bonds is 10. The zero-order valence-corrected chi connectivity index (χ0v) is 32.9. The van der Waals surface area contributed by atoms with E-state index in [0.29, 0.717) is 11.4 Å². The first kappa shape index (κ1) is 37.4. The van der Waals surface area contributed by atoms with Gasteiger partial charge in [0.2, 0.25) is 17.7 Å². The number of methoxy groups -OCH3 is 2. The maximum absolute atomic E-state index is 13.5. The number of fused-ring (bicyclic) bond motifs is 2. The molecular formula is C48H48N4O6. The van der Waals surface area contributed by atoms with Crippen molar-refractivity contribution in [1.29, 1.82) is 0 Å². The summed E-state index contributed by atoms with van der Waals surface area (Å²) in [5.74, 6) is 0.778. The number of aliphatic hydroxyl groups excluding tert-OH is 1. The molecule has 5 atom stereocenters. The molecule has 5 aromatic rings. The molecule has 0 aromatic heterocycles. The Morgan fingerprint density at radius 1 is 0.466 bits per heavy atom. The van der Waals surface area contributed by atoms with Gasteiger partial charge in [0.05, 0.1) is 31.7 Å². The molecule has 0 bridgehead atoms. The molecule has 296 valence electrons. The number of carbonyl (C=O) groups is 3. The Bertz CT molecular complexity index is 2250. The highest BCUT2D eigenvalue weighted by Gasteiger charge is 2.49. The lowest BCUT2D eigenvalue weighted by Gasteiger charge is -2.29. The second-order valence-electron chi connectivity index (χ2n) is 15.8. The molecule has 0 radical (unpaired) electrons. The molecule has 2 saturated heterocycles. The third-order valence-corrected chi connectivity index (χ3v) is 12.6. The first-order chi connectivity index (χ1) is 28.3. The standard InChI is InChI=1S/C48H48N4O6/c1-57-39-27-23-35(24-28-39)49(33-15-19-37(20-16-33)51-45(53)41-7-3-4-8-42(41)46(51)54)31-11-13-32(14-12-31)50(36-25-29-40(58-2)30-26-36)34-17-21-38(22-18-34)52-47(55)43-9-5-6-10-44(43)48(52)56/h11-30,41-45,53H,3-10H2,1-2H3. The third kappa shape index (κ3) is 6.65. The fourth-order valence-electron chi connectivity index (χ4n) is 9.64. The van der Waals surface area contributed by atoms with Crippen LogP contribution in [0.5, 0.6) is 11.5 Å². The van der Waals surface area contributed by atoms with Crippen LogP contribution < -0.4 is 29.1 Å². The van der Waals surface area contributed by atoms with Gasteiger partial charge in [-0.1, -0.05) is 25.7 Å². The summed E-state index contributed by atoms with van der Waals surface area (Å²) in [5.41, 5.74) is 6.66. The molecule has 1 N–H and O–H groups in total. The smallest absolute Gasteiger partial charge is 0.237 e. The largest absolute Gasteiger partial charge is 0.497 e. The number of imide groups is 1. The SMILES string of the molecule is COc1ccc(N(c2ccc(N3C(=O)C4CCCCC4C3=O)cc2)c2ccc(N(c3ccc(OC)cc3)c3ccc(N4C(=O)C5CCCCC5C4O)cc3)cc2)cc1. The summed E-state index contributed by atoms with van der Waals surface area (Å²) in [6.45, 7) is 0. The Morgan fingerprint density at radius 2 is 0.810 bits per heavy atom. The molecule has 5 aromatic carbocycles. The number of anilines is 8. The van der Waals surface area contributed by atoms with Gasteiger partial charge >= 0.3 is 0 Å². The number of hydrogen-bond donors (Lipinski definition) is 1. The molecule has 3 amide bonds. The predicted octanol–water partition coefficient (Wildman–Crippen LogP) is 9.79. The normalized spacial score (nSPS) is 22.7. The molecule has 2 saturated carbocycles. The molecule has 0 spiro atoms. The van der Waals surface area contributed by atoms with Crippen molar-refractivity contribution < 1.29 is 29.0 Å². The van der Waals surface area contributed by atoms with Crippen molar-refractivity contribution in [3.63, 3.8) is 0 Å². The maximum Gasteiger partial charge on any atom is 0.237 e. The van der Waals surface area contributed by atoms with E-state index >= 15 is 0 Å². The minimum Gasteiger partial charge on any atom is -0.497 e. The Kier molecular flexibility index (Phi) is 10.1. The van der Waals surface area contributed by atoms with E-state index in [1.807, 2.05) is 97.1 Å². The van der Waals surface area contributed by atoms with E-state index in [1.165, 1.54) is 4.90 Å². The molecule has 2 heterocycles. The van der Waals surface area contributed by atoms with Crippen molar-refractivity contribution in [3.05, 3.63) is 121 Å². The summed E-state index contributed by atoms with van der Waals surface area (Å²) in [6.07, 6.45) is 6.48. The van der Waals surface area contributed by atoms with Gasteiger partial charge in [0.1, 0.15) is 17.7 Å². The lowest BCUT2D eigenvalue weighted by molar-refractivity contribution is -0.123. The molecule has 2 aliphatic heterocycles. The summed E-state index contributed by atoms with van der Waals surface area (Å²) in [5, 5.41) is 11.2. The zero-order chi connectivity index (χ0) is 39.9. The van der Waals surface area contributed by atoms with Gasteiger partial charge in [0, 0.05) is 51.6 Å². The van der Waals surface area contributed by atoms with Crippen LogP contribution in [0.25, 0.3) is 0 Å². The van der Waals surface area contributed by atoms with Crippen LogP contribution in [0.3, 0.4) is 0 Å². The first-order valence-electron chi connectivity index (χ1n) is 20.4. The molecular weight excluding hydrogens is 729 g/mol. The van der Waals surface area contributed by atoms with Gasteiger partial charge in [-0.15, -0.1) is 0 Å². The Balaban J connectivity index is 1.04. The van der Waals surface area contributed by atoms with Gasteiger partial charge in [-0.05, 0) is 147 Å². The van der Waals surface area contributed by atoms with Gasteiger partial charge < -0.3 is 24.4 Å². The number of ether oxygens (including phenoxy) is 2. The number of carbonyl (C=O) groups excluding carboxylic acids is 3. The fraction of sp³-hybridized carbons (Fsp3) is 0.312. The van der Waals surface area contributed by atoms with Crippen molar-refractivity contribution in [3.8, 4) is 11.5 Å². The summed E-state index contributed by atoms with van der Waals surface area (Å²) >= 11 is 0. The molecule has 10 heteroatoms. The average Bonchev–Trinajstić information content (AvgIpc) is 3.69. The second kappa shape index (κ2) is 15.7. The highest BCUT2D eigenvalue weighted by Crippen LogP contribution is 2.45. The van der Waals surface area contributed by atoms with Crippen LogP contribution in [0.4, 0.5) is 45.5 Å². The van der Waals surface area contributed by atoms with Gasteiger partial charge in [0.25, 0.3) is 0 Å². The van der Waals surface area contributed by atoms with E-state index in [2.05, 4.69) is 34.1 Å². The van der Waals surface area contributed by atoms with Crippen molar-refractivity contribution in [1.82, 2.24) is 0 Å². The van der Waals surface area contributed by atoms with E-state index in [9.17, 15) is 19.5 Å². The number of amides is 3. The van der Waals surface area contributed by atoms with Crippen molar-refractivity contribution >= 4 is 63.2 Å². The summed E-state index contributed by atoms with van der Waals surface area (Å²) < 4.78 is 10.9. The number of nitrogens with zero attached hydrogens (tertiary/aromatic N) is 4. The van der Waals surface area contributed by atoms with Crippen LogP contribution in [0, 0.1) is 23.7 Å². The van der Waals surface area contributed by atoms with E-state index in [-0.39, 0.29) is 41.4 Å². The molecule has 4 aliphatic rings. The van der Waals surface area contributed by atoms with E-state index < -0.39 is 6.23 Å². The zero-order valence-electron chi connectivity index (χ0n) is 32.9. The number of benzene rings is 5. The topological polar surface area (TPSA) is 103 Å². The quantitative estimate of drug-likeness (QED) is 0.140. The van der Waals surface area contributed by atoms with Gasteiger partial charge in [0.15, 0.2) is 0 Å². The lowest BCUT2D eigenvalue weighted by Crippen LogP contribution is -2.35. The number of aliphatic hydroxyl groups is 1. The maximum atomic E-state index is 13.5. The van der Waals surface area contributed by atoms with Crippen molar-refractivity contribution in [2.75, 3.05) is 33.8 Å². The summed E-state index contributed by atoms with van der Waals surface area (Å²) in [6, 6.07) is 39.5. The lowest BCUT2D eigenvalue weighted by atomic mass is 9.81. The fourth-order valence-corrected chi connectivity index (χ4v) is 9.64. The van der Waals surface area contributed by atoms with Gasteiger partial charge in [-0.3, -0.25) is 24.2 Å². The van der Waals surface area contributed by atoms with E-state index in [1.54, 1.807) is 19.1 Å². The Labute approximate surface area is 339 Å². The molecule has 2 aliphatic carbocycles. The number of hydrogen-bond acceptors (Lipinski definition) is 8. The van der Waals surface area contributed by atoms with Crippen LogP contribution in [0.1, 0.15) is 51.4 Å². The predicted molar refractivity (Wildman–Crippen MR) is 226 cm³/mol. The molecule has 10 nitrogen and oxygen atoms in total. The van der Waals surface area contributed by atoms with Gasteiger partial charge in [-0.25, -0.2) is 0 Å². The minimum absolute atomic E-state index is 0.0133. The molecule has 5 unspecified atom stereocenters. The van der Waals surface area contributed by atoms with Crippen LogP contribution in [0.15, 0.2) is 121 Å². The van der Waals surface area contributed by atoms with E-state index in [0.717, 1.165) is 97.0 Å². The van der Waals surface area contributed by atoms with Crippen LogP contribution in [-0.4, -0.2) is 43.3 Å². The highest BCUT2D eigenvalue weighted by atomic mass is 16.5. The van der Waals surface area contributed by atoms with Crippen molar-refractivity contribution in [2.45, 2.75) is 57.6 Å². The van der Waals surface area contributed by atoms with Crippen molar-refractivity contribution in [2.24, 2.45) is 23.7 Å². The van der Waals surface area contributed by atoms with Crippen LogP contribution >= 0.6 is 0 Å².